The van der Waals surface area contributed by atoms with Crippen molar-refractivity contribution in [3.63, 3.8) is 0 Å². The van der Waals surface area contributed by atoms with Gasteiger partial charge in [0.2, 0.25) is 0 Å². The second-order valence-electron chi connectivity index (χ2n) is 7.40. The highest BCUT2D eigenvalue weighted by molar-refractivity contribution is 5.41. The second-order valence-corrected chi connectivity index (χ2v) is 7.40. The molecule has 1 aromatic carbocycles. The predicted molar refractivity (Wildman–Crippen MR) is 99.2 cm³/mol. The molecule has 2 aliphatic heterocycles. The summed E-state index contributed by atoms with van der Waals surface area (Å²) < 4.78 is 11.4. The van der Waals surface area contributed by atoms with Crippen molar-refractivity contribution >= 4 is 0 Å². The number of likely N-dealkylation sites (tertiary alicyclic amines) is 1. The standard InChI is InChI=1S/C20H32N2O3/c1-4-21(5-2)15-17-13-20(25-17)8-10-22(11-9-20)14-16-6-7-19(24-3)18(23)12-16/h6-7,12,17,23H,4-5,8-11,13-15H2,1-3H3/t17-/m1/s1. The molecule has 5 heteroatoms. The zero-order valence-electron chi connectivity index (χ0n) is 15.8. The summed E-state index contributed by atoms with van der Waals surface area (Å²) in [5, 5.41) is 9.93. The molecule has 1 spiro atoms. The molecular weight excluding hydrogens is 316 g/mol. The van der Waals surface area contributed by atoms with Gasteiger partial charge in [0.25, 0.3) is 0 Å². The van der Waals surface area contributed by atoms with Crippen molar-refractivity contribution in [2.24, 2.45) is 0 Å². The first-order valence-electron chi connectivity index (χ1n) is 9.56. The lowest BCUT2D eigenvalue weighted by Gasteiger charge is -2.53. The molecular formula is C20H32N2O3. The summed E-state index contributed by atoms with van der Waals surface area (Å²) in [5.74, 6) is 0.749. The monoisotopic (exact) mass is 348 g/mol. The number of piperidine rings is 1. The number of hydrogen-bond donors (Lipinski definition) is 1. The van der Waals surface area contributed by atoms with Gasteiger partial charge in [-0.1, -0.05) is 19.9 Å². The van der Waals surface area contributed by atoms with Gasteiger partial charge in [0.05, 0.1) is 18.8 Å². The third kappa shape index (κ3) is 4.27. The highest BCUT2D eigenvalue weighted by Gasteiger charge is 2.47. The van der Waals surface area contributed by atoms with Crippen LogP contribution in [0.2, 0.25) is 0 Å². The minimum atomic E-state index is 0.135. The topological polar surface area (TPSA) is 45.2 Å². The number of rotatable bonds is 7. The Hall–Kier alpha value is -1.30. The van der Waals surface area contributed by atoms with E-state index in [0.29, 0.717) is 11.9 Å². The van der Waals surface area contributed by atoms with Crippen LogP contribution >= 0.6 is 0 Å². The van der Waals surface area contributed by atoms with Gasteiger partial charge >= 0.3 is 0 Å². The molecule has 0 radical (unpaired) electrons. The first-order chi connectivity index (χ1) is 12.1. The summed E-state index contributed by atoms with van der Waals surface area (Å²) in [6.07, 6.45) is 3.86. The average Bonchev–Trinajstić information content (AvgIpc) is 2.59. The molecule has 0 amide bonds. The summed E-state index contributed by atoms with van der Waals surface area (Å²) in [7, 11) is 1.57. The molecule has 25 heavy (non-hydrogen) atoms. The summed E-state index contributed by atoms with van der Waals surface area (Å²) in [4.78, 5) is 4.90. The number of likely N-dealkylation sites (N-methyl/N-ethyl adjacent to an activating group) is 1. The first-order valence-corrected chi connectivity index (χ1v) is 9.56. The Morgan fingerprint density at radius 2 is 1.96 bits per heavy atom. The number of aromatic hydroxyl groups is 1. The van der Waals surface area contributed by atoms with Gasteiger partial charge in [-0.25, -0.2) is 0 Å². The lowest BCUT2D eigenvalue weighted by Crippen LogP contribution is -2.59. The van der Waals surface area contributed by atoms with Crippen LogP contribution in [-0.4, -0.2) is 66.4 Å². The van der Waals surface area contributed by atoms with Gasteiger partial charge in [-0.05, 0) is 43.6 Å². The first kappa shape index (κ1) is 18.5. The van der Waals surface area contributed by atoms with E-state index in [1.165, 1.54) is 6.42 Å². The molecule has 5 nitrogen and oxygen atoms in total. The predicted octanol–water partition coefficient (Wildman–Crippen LogP) is 2.87. The van der Waals surface area contributed by atoms with E-state index in [4.69, 9.17) is 9.47 Å². The summed E-state index contributed by atoms with van der Waals surface area (Å²) in [6, 6.07) is 5.68. The summed E-state index contributed by atoms with van der Waals surface area (Å²) >= 11 is 0. The number of phenols is 1. The fourth-order valence-electron chi connectivity index (χ4n) is 4.16. The molecule has 0 aromatic heterocycles. The Bertz CT molecular complexity index is 558. The highest BCUT2D eigenvalue weighted by Crippen LogP contribution is 2.41. The largest absolute Gasteiger partial charge is 0.504 e. The van der Waals surface area contributed by atoms with E-state index in [2.05, 4.69) is 23.6 Å². The maximum absolute atomic E-state index is 9.93. The normalized spacial score (nSPS) is 23.0. The van der Waals surface area contributed by atoms with Crippen LogP contribution < -0.4 is 4.74 Å². The van der Waals surface area contributed by atoms with Gasteiger partial charge in [-0.3, -0.25) is 4.90 Å². The van der Waals surface area contributed by atoms with E-state index >= 15 is 0 Å². The van der Waals surface area contributed by atoms with Crippen LogP contribution in [-0.2, 0) is 11.3 Å². The number of benzene rings is 1. The van der Waals surface area contributed by atoms with E-state index in [1.54, 1.807) is 7.11 Å². The molecule has 2 saturated heterocycles. The summed E-state index contributed by atoms with van der Waals surface area (Å²) in [5.41, 5.74) is 1.26. The van der Waals surface area contributed by atoms with Crippen LogP contribution in [0.1, 0.15) is 38.7 Å². The third-order valence-electron chi connectivity index (χ3n) is 5.79. The molecule has 0 aliphatic carbocycles. The van der Waals surface area contributed by atoms with Gasteiger partial charge in [0.15, 0.2) is 11.5 Å². The Morgan fingerprint density at radius 1 is 1.28 bits per heavy atom. The lowest BCUT2D eigenvalue weighted by atomic mass is 9.80. The lowest BCUT2D eigenvalue weighted by molar-refractivity contribution is -0.229. The van der Waals surface area contributed by atoms with Gasteiger partial charge in [0.1, 0.15) is 0 Å². The van der Waals surface area contributed by atoms with Crippen LogP contribution in [0, 0.1) is 0 Å². The molecule has 2 aliphatic rings. The number of nitrogens with zero attached hydrogens (tertiary/aromatic N) is 2. The molecule has 2 heterocycles. The van der Waals surface area contributed by atoms with Crippen molar-refractivity contribution in [3.05, 3.63) is 23.8 Å². The molecule has 1 aromatic rings. The molecule has 140 valence electrons. The van der Waals surface area contributed by atoms with E-state index in [0.717, 1.165) is 57.7 Å². The average molecular weight is 348 g/mol. The van der Waals surface area contributed by atoms with Crippen LogP contribution in [0.4, 0.5) is 0 Å². The Labute approximate surface area is 151 Å². The van der Waals surface area contributed by atoms with Gasteiger partial charge < -0.3 is 19.5 Å². The maximum Gasteiger partial charge on any atom is 0.160 e. The molecule has 1 atom stereocenters. The van der Waals surface area contributed by atoms with E-state index in [-0.39, 0.29) is 11.4 Å². The SMILES string of the molecule is CCN(CC)C[C@H]1CC2(CCN(Cc3ccc(OC)c(O)c3)CC2)O1. The zero-order chi connectivity index (χ0) is 17.9. The van der Waals surface area contributed by atoms with Crippen LogP contribution in [0.25, 0.3) is 0 Å². The number of phenolic OH excluding ortho intramolecular Hbond substituents is 1. The van der Waals surface area contributed by atoms with Crippen molar-refractivity contribution in [2.45, 2.75) is 51.4 Å². The van der Waals surface area contributed by atoms with Gasteiger partial charge in [-0.2, -0.15) is 0 Å². The quantitative estimate of drug-likeness (QED) is 0.821. The molecule has 3 rings (SSSR count). The maximum atomic E-state index is 9.93. The van der Waals surface area contributed by atoms with Gasteiger partial charge in [-0.15, -0.1) is 0 Å². The summed E-state index contributed by atoms with van der Waals surface area (Å²) in [6.45, 7) is 10.7. The Morgan fingerprint density at radius 3 is 2.52 bits per heavy atom. The minimum absolute atomic E-state index is 0.135. The third-order valence-corrected chi connectivity index (χ3v) is 5.79. The van der Waals surface area contributed by atoms with E-state index in [9.17, 15) is 5.11 Å². The van der Waals surface area contributed by atoms with Gasteiger partial charge in [0, 0.05) is 32.6 Å². The van der Waals surface area contributed by atoms with Crippen LogP contribution in [0.5, 0.6) is 11.5 Å². The van der Waals surface area contributed by atoms with Crippen LogP contribution in [0.15, 0.2) is 18.2 Å². The van der Waals surface area contributed by atoms with E-state index in [1.807, 2.05) is 18.2 Å². The Balaban J connectivity index is 1.44. The van der Waals surface area contributed by atoms with E-state index < -0.39 is 0 Å². The van der Waals surface area contributed by atoms with Crippen molar-refractivity contribution in [2.75, 3.05) is 39.8 Å². The zero-order valence-corrected chi connectivity index (χ0v) is 15.8. The number of methoxy groups -OCH3 is 1. The minimum Gasteiger partial charge on any atom is -0.504 e. The molecule has 1 N–H and O–H groups in total. The molecule has 0 unspecified atom stereocenters. The second kappa shape index (κ2) is 7.94. The fraction of sp³-hybridized carbons (Fsp3) is 0.700. The number of hydrogen-bond acceptors (Lipinski definition) is 5. The van der Waals surface area contributed by atoms with Crippen molar-refractivity contribution in [3.8, 4) is 11.5 Å². The van der Waals surface area contributed by atoms with Crippen molar-refractivity contribution in [1.82, 2.24) is 9.80 Å². The highest BCUT2D eigenvalue weighted by atomic mass is 16.5. The number of ether oxygens (including phenoxy) is 2. The fourth-order valence-corrected chi connectivity index (χ4v) is 4.16. The van der Waals surface area contributed by atoms with Crippen molar-refractivity contribution < 1.29 is 14.6 Å². The van der Waals surface area contributed by atoms with Crippen molar-refractivity contribution in [1.29, 1.82) is 0 Å². The molecule has 0 bridgehead atoms. The molecule has 2 fully saturated rings. The van der Waals surface area contributed by atoms with Crippen LogP contribution in [0.3, 0.4) is 0 Å². The smallest absolute Gasteiger partial charge is 0.160 e. The molecule has 0 saturated carbocycles. The Kier molecular flexibility index (Phi) is 5.87.